The van der Waals surface area contributed by atoms with Gasteiger partial charge < -0.3 is 9.88 Å². The summed E-state index contributed by atoms with van der Waals surface area (Å²) in [5, 5.41) is 12.3. The van der Waals surface area contributed by atoms with Crippen LogP contribution >= 0.6 is 11.8 Å². The average molecular weight is 382 g/mol. The monoisotopic (exact) mass is 381 g/mol. The summed E-state index contributed by atoms with van der Waals surface area (Å²) >= 11 is 1.39. The molecule has 0 aliphatic carbocycles. The van der Waals surface area contributed by atoms with Crippen molar-refractivity contribution in [3.05, 3.63) is 54.4 Å². The van der Waals surface area contributed by atoms with Crippen LogP contribution in [0.15, 0.2) is 53.9 Å². The minimum Gasteiger partial charge on any atom is -0.325 e. The van der Waals surface area contributed by atoms with Crippen LogP contribution in [0.1, 0.15) is 19.4 Å². The highest BCUT2D eigenvalue weighted by molar-refractivity contribution is 7.99. The van der Waals surface area contributed by atoms with Crippen LogP contribution in [0.25, 0.3) is 11.4 Å². The molecule has 0 unspecified atom stereocenters. The van der Waals surface area contributed by atoms with Crippen LogP contribution in [-0.4, -0.2) is 31.4 Å². The Balaban J connectivity index is 1.71. The quantitative estimate of drug-likeness (QED) is 0.626. The van der Waals surface area contributed by atoms with Gasteiger partial charge in [0.05, 0.1) is 5.75 Å². The molecule has 0 atom stereocenters. The summed E-state index contributed by atoms with van der Waals surface area (Å²) in [7, 11) is 0. The predicted octanol–water partition coefficient (Wildman–Crippen LogP) is 4.04. The SMILES string of the molecule is Cc1ccc(NC(=O)CSc2nnc(-c3cccnc3)n2CC(C)C)cc1. The first-order valence-corrected chi connectivity index (χ1v) is 9.84. The van der Waals surface area contributed by atoms with Gasteiger partial charge in [-0.15, -0.1) is 10.2 Å². The van der Waals surface area contributed by atoms with Crippen LogP contribution in [0.5, 0.6) is 0 Å². The molecule has 0 radical (unpaired) electrons. The number of nitrogens with zero attached hydrogens (tertiary/aromatic N) is 4. The summed E-state index contributed by atoms with van der Waals surface area (Å²) in [6.07, 6.45) is 3.51. The lowest BCUT2D eigenvalue weighted by Gasteiger charge is -2.12. The van der Waals surface area contributed by atoms with Crippen LogP contribution in [0.2, 0.25) is 0 Å². The van der Waals surface area contributed by atoms with E-state index in [1.165, 1.54) is 11.8 Å². The molecule has 3 aromatic rings. The molecule has 0 saturated heterocycles. The molecule has 0 fully saturated rings. The first kappa shape index (κ1) is 19.1. The second-order valence-electron chi connectivity index (χ2n) is 6.76. The molecule has 0 spiro atoms. The van der Waals surface area contributed by atoms with Gasteiger partial charge in [-0.3, -0.25) is 9.78 Å². The molecule has 140 valence electrons. The van der Waals surface area contributed by atoms with Crippen LogP contribution in [-0.2, 0) is 11.3 Å². The summed E-state index contributed by atoms with van der Waals surface area (Å²) in [6, 6.07) is 11.6. The number of pyridine rings is 1. The molecule has 0 aliphatic heterocycles. The molecule has 7 heteroatoms. The Kier molecular flexibility index (Phi) is 6.24. The Morgan fingerprint density at radius 2 is 1.96 bits per heavy atom. The molecule has 2 heterocycles. The average Bonchev–Trinajstić information content (AvgIpc) is 3.04. The summed E-state index contributed by atoms with van der Waals surface area (Å²) in [4.78, 5) is 16.4. The van der Waals surface area contributed by atoms with E-state index in [-0.39, 0.29) is 11.7 Å². The Morgan fingerprint density at radius 1 is 1.19 bits per heavy atom. The van der Waals surface area contributed by atoms with Gasteiger partial charge in [0.15, 0.2) is 11.0 Å². The fourth-order valence-corrected chi connectivity index (χ4v) is 3.35. The molecule has 0 aliphatic rings. The minimum absolute atomic E-state index is 0.0640. The number of benzene rings is 1. The minimum atomic E-state index is -0.0640. The van der Waals surface area contributed by atoms with Gasteiger partial charge in [0, 0.05) is 30.2 Å². The van der Waals surface area contributed by atoms with Crippen molar-refractivity contribution >= 4 is 23.4 Å². The number of anilines is 1. The molecule has 6 nitrogen and oxygen atoms in total. The van der Waals surface area contributed by atoms with Gasteiger partial charge in [-0.25, -0.2) is 0 Å². The van der Waals surface area contributed by atoms with Crippen molar-refractivity contribution in [2.45, 2.75) is 32.5 Å². The zero-order chi connectivity index (χ0) is 19.2. The molecule has 1 amide bonds. The third-order valence-corrected chi connectivity index (χ3v) is 4.82. The van der Waals surface area contributed by atoms with E-state index >= 15 is 0 Å². The maximum Gasteiger partial charge on any atom is 0.234 e. The summed E-state index contributed by atoms with van der Waals surface area (Å²) < 4.78 is 2.06. The van der Waals surface area contributed by atoms with Crippen molar-refractivity contribution in [3.63, 3.8) is 0 Å². The van der Waals surface area contributed by atoms with E-state index in [4.69, 9.17) is 0 Å². The van der Waals surface area contributed by atoms with Gasteiger partial charge in [-0.2, -0.15) is 0 Å². The number of carbonyl (C=O) groups is 1. The number of hydrogen-bond donors (Lipinski definition) is 1. The Bertz CT molecular complexity index is 890. The standard InChI is InChI=1S/C20H23N5OS/c1-14(2)12-25-19(16-5-4-10-21-11-16)23-24-20(25)27-13-18(26)22-17-8-6-15(3)7-9-17/h4-11,14H,12-13H2,1-3H3,(H,22,26). The van der Waals surface area contributed by atoms with Gasteiger partial charge in [-0.1, -0.05) is 43.3 Å². The molecule has 0 bridgehead atoms. The van der Waals surface area contributed by atoms with Crippen molar-refractivity contribution in [2.24, 2.45) is 5.92 Å². The van der Waals surface area contributed by atoms with E-state index in [0.29, 0.717) is 5.92 Å². The van der Waals surface area contributed by atoms with E-state index in [9.17, 15) is 4.79 Å². The largest absolute Gasteiger partial charge is 0.325 e. The van der Waals surface area contributed by atoms with Gasteiger partial charge in [-0.05, 0) is 37.1 Å². The Labute approximate surface area is 163 Å². The lowest BCUT2D eigenvalue weighted by Crippen LogP contribution is -2.15. The van der Waals surface area contributed by atoms with Crippen molar-refractivity contribution in [2.75, 3.05) is 11.1 Å². The maximum absolute atomic E-state index is 12.3. The number of rotatable bonds is 7. The third-order valence-electron chi connectivity index (χ3n) is 3.85. The molecular weight excluding hydrogens is 358 g/mol. The van der Waals surface area contributed by atoms with Crippen LogP contribution in [0, 0.1) is 12.8 Å². The number of aromatic nitrogens is 4. The highest BCUT2D eigenvalue weighted by atomic mass is 32.2. The van der Waals surface area contributed by atoms with Gasteiger partial charge in [0.2, 0.25) is 5.91 Å². The lowest BCUT2D eigenvalue weighted by molar-refractivity contribution is -0.113. The van der Waals surface area contributed by atoms with E-state index in [1.807, 2.05) is 43.3 Å². The van der Waals surface area contributed by atoms with Crippen LogP contribution in [0.3, 0.4) is 0 Å². The number of aryl methyl sites for hydroxylation is 1. The second kappa shape index (κ2) is 8.81. The number of carbonyl (C=O) groups excluding carboxylic acids is 1. The van der Waals surface area contributed by atoms with Gasteiger partial charge in [0.1, 0.15) is 0 Å². The molecule has 1 aromatic carbocycles. The Hall–Kier alpha value is -2.67. The van der Waals surface area contributed by atoms with Crippen molar-refractivity contribution in [3.8, 4) is 11.4 Å². The maximum atomic E-state index is 12.3. The van der Waals surface area contributed by atoms with Crippen molar-refractivity contribution in [1.82, 2.24) is 19.7 Å². The molecule has 1 N–H and O–H groups in total. The Morgan fingerprint density at radius 3 is 2.63 bits per heavy atom. The van der Waals surface area contributed by atoms with E-state index in [0.717, 1.165) is 34.3 Å². The fourth-order valence-electron chi connectivity index (χ4n) is 2.60. The predicted molar refractivity (Wildman–Crippen MR) is 109 cm³/mol. The summed E-state index contributed by atoms with van der Waals surface area (Å²) in [6.45, 7) is 7.08. The molecule has 3 rings (SSSR count). The summed E-state index contributed by atoms with van der Waals surface area (Å²) in [5.41, 5.74) is 2.87. The molecule has 0 saturated carbocycles. The van der Waals surface area contributed by atoms with Crippen molar-refractivity contribution in [1.29, 1.82) is 0 Å². The van der Waals surface area contributed by atoms with E-state index in [1.54, 1.807) is 12.4 Å². The first-order chi connectivity index (χ1) is 13.0. The second-order valence-corrected chi connectivity index (χ2v) is 7.70. The number of amides is 1. The van der Waals surface area contributed by atoms with Crippen molar-refractivity contribution < 1.29 is 4.79 Å². The van der Waals surface area contributed by atoms with Gasteiger partial charge >= 0.3 is 0 Å². The molecule has 2 aromatic heterocycles. The third kappa shape index (κ3) is 5.17. The number of nitrogens with one attached hydrogen (secondary N) is 1. The van der Waals surface area contributed by atoms with Gasteiger partial charge in [0.25, 0.3) is 0 Å². The van der Waals surface area contributed by atoms with E-state index in [2.05, 4.69) is 38.9 Å². The highest BCUT2D eigenvalue weighted by Gasteiger charge is 2.16. The number of thioether (sulfide) groups is 1. The molecule has 27 heavy (non-hydrogen) atoms. The topological polar surface area (TPSA) is 72.7 Å². The fraction of sp³-hybridized carbons (Fsp3) is 0.300. The normalized spacial score (nSPS) is 11.0. The smallest absolute Gasteiger partial charge is 0.234 e. The zero-order valence-corrected chi connectivity index (χ0v) is 16.5. The molecular formula is C20H23N5OS. The first-order valence-electron chi connectivity index (χ1n) is 8.86. The van der Waals surface area contributed by atoms with E-state index < -0.39 is 0 Å². The summed E-state index contributed by atoms with van der Waals surface area (Å²) in [5.74, 6) is 1.42. The highest BCUT2D eigenvalue weighted by Crippen LogP contribution is 2.25. The van der Waals surface area contributed by atoms with Crippen LogP contribution < -0.4 is 5.32 Å². The zero-order valence-electron chi connectivity index (χ0n) is 15.7. The lowest BCUT2D eigenvalue weighted by atomic mass is 10.2. The number of hydrogen-bond acceptors (Lipinski definition) is 5. The van der Waals surface area contributed by atoms with Crippen LogP contribution in [0.4, 0.5) is 5.69 Å².